The molecule has 7 nitrogen and oxygen atoms in total. The summed E-state index contributed by atoms with van der Waals surface area (Å²) in [6.07, 6.45) is 2.96. The summed E-state index contributed by atoms with van der Waals surface area (Å²) in [6, 6.07) is 13.2. The molecule has 31 heavy (non-hydrogen) atoms. The Bertz CT molecular complexity index is 1140. The van der Waals surface area contributed by atoms with Crippen LogP contribution >= 0.6 is 0 Å². The van der Waals surface area contributed by atoms with E-state index in [2.05, 4.69) is 15.3 Å². The number of hydrogen-bond acceptors (Lipinski definition) is 5. The van der Waals surface area contributed by atoms with Gasteiger partial charge in [-0.1, -0.05) is 26.0 Å². The summed E-state index contributed by atoms with van der Waals surface area (Å²) in [6.45, 7) is 5.73. The number of aromatic nitrogens is 2. The molecule has 1 aromatic carbocycles. The van der Waals surface area contributed by atoms with E-state index in [1.54, 1.807) is 26.2 Å². The summed E-state index contributed by atoms with van der Waals surface area (Å²) in [7, 11) is 1.63. The zero-order valence-corrected chi connectivity index (χ0v) is 18.4. The van der Waals surface area contributed by atoms with Crippen molar-refractivity contribution in [2.24, 2.45) is 5.73 Å². The number of carbonyl (C=O) groups is 1. The third kappa shape index (κ3) is 4.45. The summed E-state index contributed by atoms with van der Waals surface area (Å²) in [5, 5.41) is 11.5. The Morgan fingerprint density at radius 3 is 2.61 bits per heavy atom. The third-order valence-electron chi connectivity index (χ3n) is 5.29. The van der Waals surface area contributed by atoms with E-state index >= 15 is 0 Å². The fraction of sp³-hybridized carbons (Fsp3) is 0.292. The smallest absolute Gasteiger partial charge is 0.268 e. The largest absolute Gasteiger partial charge is 0.497 e. The van der Waals surface area contributed by atoms with E-state index in [0.29, 0.717) is 28.3 Å². The normalized spacial score (nSPS) is 14.7. The highest BCUT2D eigenvalue weighted by Crippen LogP contribution is 2.46. The number of nitrogens with zero attached hydrogens (tertiary/aromatic N) is 1. The highest BCUT2D eigenvalue weighted by Gasteiger charge is 2.46. The lowest BCUT2D eigenvalue weighted by Gasteiger charge is -2.18. The van der Waals surface area contributed by atoms with Crippen molar-refractivity contribution in [3.8, 4) is 5.75 Å². The minimum absolute atomic E-state index is 0.178. The Morgan fingerprint density at radius 2 is 2.00 bits per heavy atom. The van der Waals surface area contributed by atoms with Crippen LogP contribution < -0.4 is 15.8 Å². The third-order valence-corrected chi connectivity index (χ3v) is 5.29. The van der Waals surface area contributed by atoms with Crippen molar-refractivity contribution in [1.82, 2.24) is 15.3 Å². The molecule has 3 aromatic rings. The van der Waals surface area contributed by atoms with Crippen molar-refractivity contribution in [2.45, 2.75) is 39.2 Å². The van der Waals surface area contributed by atoms with Crippen LogP contribution in [-0.2, 0) is 5.54 Å². The Balaban J connectivity index is 0.00000132. The highest BCUT2D eigenvalue weighted by molar-refractivity contribution is 6.09. The van der Waals surface area contributed by atoms with Crippen molar-refractivity contribution < 1.29 is 9.53 Å². The van der Waals surface area contributed by atoms with Gasteiger partial charge in [0.1, 0.15) is 17.1 Å². The number of nitrogens with two attached hydrogens (primary N) is 1. The van der Waals surface area contributed by atoms with Gasteiger partial charge in [-0.25, -0.2) is 4.98 Å². The molecule has 5 N–H and O–H groups in total. The zero-order valence-electron chi connectivity index (χ0n) is 18.4. The van der Waals surface area contributed by atoms with Gasteiger partial charge in [-0.05, 0) is 55.7 Å². The van der Waals surface area contributed by atoms with E-state index in [0.717, 1.165) is 29.5 Å². The number of carbonyl (C=O) groups excluding carboxylic acids is 1. The fourth-order valence-corrected chi connectivity index (χ4v) is 3.48. The van der Waals surface area contributed by atoms with Crippen LogP contribution in [-0.4, -0.2) is 29.2 Å². The number of nitrogens with one attached hydrogen (secondary N) is 3. The molecule has 2 heterocycles. The molecule has 7 heteroatoms. The molecule has 0 bridgehead atoms. The number of hydrogen-bond donors (Lipinski definition) is 4. The maximum Gasteiger partial charge on any atom is 0.268 e. The number of fused-ring (bicyclic) bond motifs is 1. The van der Waals surface area contributed by atoms with E-state index < -0.39 is 0 Å². The second-order valence-electron chi connectivity index (χ2n) is 7.33. The Kier molecular flexibility index (Phi) is 6.44. The molecule has 1 aliphatic rings. The number of amides is 1. The highest BCUT2D eigenvalue weighted by atomic mass is 16.5. The van der Waals surface area contributed by atoms with E-state index in [4.69, 9.17) is 15.9 Å². The molecule has 1 amide bonds. The molecule has 0 spiro atoms. The van der Waals surface area contributed by atoms with Crippen molar-refractivity contribution in [3.05, 3.63) is 65.1 Å². The number of H-pyrrole nitrogens is 1. The number of rotatable bonds is 6. The number of aromatic amines is 1. The van der Waals surface area contributed by atoms with Gasteiger partial charge in [0.05, 0.1) is 18.3 Å². The standard InChI is InChI=1S/C22H23N5O2.C2H6/c1-13(24)17(12-23)18-7-6-14-10-19(26-20(14)25-18)21(28)27-22(8-9-22)15-4-3-5-16(11-15)29-2;1-2/h3-7,10-12,23H,8-9,24H2,1-2H3,(H,25,26)(H,27,28);1-2H3/b17-13+,23-12?;. The van der Waals surface area contributed by atoms with E-state index in [1.165, 1.54) is 6.21 Å². The molecular weight excluding hydrogens is 390 g/mol. The monoisotopic (exact) mass is 419 g/mol. The van der Waals surface area contributed by atoms with Gasteiger partial charge in [-0.2, -0.15) is 0 Å². The predicted molar refractivity (Wildman–Crippen MR) is 124 cm³/mol. The zero-order chi connectivity index (χ0) is 22.6. The first kappa shape index (κ1) is 22.1. The Labute approximate surface area is 182 Å². The molecule has 0 radical (unpaired) electrons. The van der Waals surface area contributed by atoms with Gasteiger partial charge in [0.2, 0.25) is 0 Å². The van der Waals surface area contributed by atoms with Crippen LogP contribution in [0.5, 0.6) is 5.75 Å². The minimum Gasteiger partial charge on any atom is -0.497 e. The van der Waals surface area contributed by atoms with Crippen LogP contribution in [0.2, 0.25) is 0 Å². The first-order chi connectivity index (χ1) is 15.0. The second-order valence-corrected chi connectivity index (χ2v) is 7.33. The first-order valence-corrected chi connectivity index (χ1v) is 10.4. The molecule has 4 rings (SSSR count). The molecule has 1 saturated carbocycles. The van der Waals surface area contributed by atoms with Crippen LogP contribution in [0.4, 0.5) is 0 Å². The first-order valence-electron chi connectivity index (χ1n) is 10.4. The van der Waals surface area contributed by atoms with Crippen molar-refractivity contribution >= 4 is 28.7 Å². The summed E-state index contributed by atoms with van der Waals surface area (Å²) in [4.78, 5) is 20.5. The molecular formula is C24H29N5O2. The molecule has 0 aliphatic heterocycles. The summed E-state index contributed by atoms with van der Waals surface area (Å²) in [5.74, 6) is 0.596. The van der Waals surface area contributed by atoms with Gasteiger partial charge < -0.3 is 26.2 Å². The molecule has 0 unspecified atom stereocenters. The second kappa shape index (κ2) is 9.04. The number of methoxy groups -OCH3 is 1. The van der Waals surface area contributed by atoms with Gasteiger partial charge in [-0.3, -0.25) is 4.79 Å². The lowest BCUT2D eigenvalue weighted by atomic mass is 10.0. The molecule has 1 fully saturated rings. The van der Waals surface area contributed by atoms with Gasteiger partial charge in [0, 0.05) is 22.9 Å². The topological polar surface area (TPSA) is 117 Å². The maximum atomic E-state index is 12.9. The van der Waals surface area contributed by atoms with Crippen LogP contribution in [0.25, 0.3) is 16.6 Å². The van der Waals surface area contributed by atoms with Crippen molar-refractivity contribution in [3.63, 3.8) is 0 Å². The molecule has 162 valence electrons. The summed E-state index contributed by atoms with van der Waals surface area (Å²) in [5.41, 5.74) is 9.22. The average Bonchev–Trinajstić information content (AvgIpc) is 3.44. The summed E-state index contributed by atoms with van der Waals surface area (Å²) < 4.78 is 5.31. The lowest BCUT2D eigenvalue weighted by molar-refractivity contribution is 0.0926. The molecule has 1 aliphatic carbocycles. The Morgan fingerprint density at radius 1 is 1.26 bits per heavy atom. The van der Waals surface area contributed by atoms with Crippen LogP contribution in [0.15, 0.2) is 48.2 Å². The minimum atomic E-state index is -0.353. The number of ether oxygens (including phenoxy) is 1. The number of pyridine rings is 1. The maximum absolute atomic E-state index is 12.9. The summed E-state index contributed by atoms with van der Waals surface area (Å²) >= 11 is 0. The van der Waals surface area contributed by atoms with Gasteiger partial charge in [-0.15, -0.1) is 0 Å². The average molecular weight is 420 g/mol. The van der Waals surface area contributed by atoms with Gasteiger partial charge >= 0.3 is 0 Å². The molecule has 0 atom stereocenters. The lowest BCUT2D eigenvalue weighted by Crippen LogP contribution is -2.35. The molecule has 2 aromatic heterocycles. The van der Waals surface area contributed by atoms with Crippen molar-refractivity contribution in [2.75, 3.05) is 7.11 Å². The number of allylic oxidation sites excluding steroid dienone is 2. The quantitative estimate of drug-likeness (QED) is 0.444. The SMILES string of the molecule is CC.COc1cccc(C2(NC(=O)c3cc4ccc(/C(C=N)=C(\C)N)nc4[nH]3)CC2)c1. The fourth-order valence-electron chi connectivity index (χ4n) is 3.48. The van der Waals surface area contributed by atoms with E-state index in [-0.39, 0.29) is 11.4 Å². The van der Waals surface area contributed by atoms with Crippen molar-refractivity contribution in [1.29, 1.82) is 5.41 Å². The molecule has 0 saturated heterocycles. The number of benzene rings is 1. The van der Waals surface area contributed by atoms with Gasteiger partial charge in [0.15, 0.2) is 0 Å². The predicted octanol–water partition coefficient (Wildman–Crippen LogP) is 4.36. The van der Waals surface area contributed by atoms with Crippen LogP contribution in [0.3, 0.4) is 0 Å². The van der Waals surface area contributed by atoms with E-state index in [9.17, 15) is 4.79 Å². The van der Waals surface area contributed by atoms with Gasteiger partial charge in [0.25, 0.3) is 5.91 Å². The van der Waals surface area contributed by atoms with E-state index in [1.807, 2.05) is 44.2 Å². The van der Waals surface area contributed by atoms with Crippen LogP contribution in [0.1, 0.15) is 55.4 Å². The van der Waals surface area contributed by atoms with Crippen LogP contribution in [0, 0.1) is 5.41 Å². The Hall–Kier alpha value is -3.61.